The number of halogens is 3. The van der Waals surface area contributed by atoms with Crippen molar-refractivity contribution in [3.8, 4) is 0 Å². The molecule has 0 radical (unpaired) electrons. The molecule has 25 heavy (non-hydrogen) atoms. The van der Waals surface area contributed by atoms with Gasteiger partial charge < -0.3 is 10.0 Å². The van der Waals surface area contributed by atoms with Gasteiger partial charge >= 0.3 is 12.1 Å². The first-order valence-electron chi connectivity index (χ1n) is 7.69. The second kappa shape index (κ2) is 7.11. The molecular weight excluding hydrogens is 375 g/mol. The summed E-state index contributed by atoms with van der Waals surface area (Å²) < 4.78 is 39.4. The highest BCUT2D eigenvalue weighted by atomic mass is 32.2. The first kappa shape index (κ1) is 18.4. The van der Waals surface area contributed by atoms with Crippen molar-refractivity contribution < 1.29 is 27.9 Å². The minimum atomic E-state index is -4.64. The summed E-state index contributed by atoms with van der Waals surface area (Å²) in [6, 6.07) is 6.84. The van der Waals surface area contributed by atoms with E-state index in [1.54, 1.807) is 12.1 Å². The molecule has 4 nitrogen and oxygen atoms in total. The number of hydrogen-bond acceptors (Lipinski definition) is 4. The molecule has 1 amide bonds. The highest BCUT2D eigenvalue weighted by Gasteiger charge is 2.53. The maximum Gasteiger partial charge on any atom is 0.394 e. The average molecular weight is 391 g/mol. The van der Waals surface area contributed by atoms with E-state index in [-0.39, 0.29) is 5.56 Å². The summed E-state index contributed by atoms with van der Waals surface area (Å²) >= 11 is 3.64. The number of amides is 1. The van der Waals surface area contributed by atoms with Crippen LogP contribution >= 0.6 is 23.5 Å². The Kier molecular flexibility index (Phi) is 5.24. The van der Waals surface area contributed by atoms with E-state index >= 15 is 0 Å². The number of carbonyl (C=O) groups excluding carboxylic acids is 1. The van der Waals surface area contributed by atoms with Crippen LogP contribution in [0.15, 0.2) is 24.3 Å². The van der Waals surface area contributed by atoms with E-state index in [0.29, 0.717) is 4.58 Å². The van der Waals surface area contributed by atoms with E-state index in [0.717, 1.165) is 22.0 Å². The number of carboxylic acid groups (broad SMARTS) is 1. The van der Waals surface area contributed by atoms with Crippen LogP contribution in [0.25, 0.3) is 0 Å². The SMILES string of the molecule is O=C(O)[C@@H]1CN(C(=O)c2ccc(C3SCCS3)cc2)C[C@H]1C(F)(F)F. The molecule has 2 fully saturated rings. The molecule has 0 unspecified atom stereocenters. The number of carboxylic acids is 1. The highest BCUT2D eigenvalue weighted by molar-refractivity contribution is 8.19. The topological polar surface area (TPSA) is 57.6 Å². The summed E-state index contributed by atoms with van der Waals surface area (Å²) in [6.45, 7) is -1.04. The van der Waals surface area contributed by atoms with Gasteiger partial charge in [0.25, 0.3) is 5.91 Å². The Balaban J connectivity index is 1.73. The Hall–Kier alpha value is -1.35. The monoisotopic (exact) mass is 391 g/mol. The van der Waals surface area contributed by atoms with Gasteiger partial charge in [-0.15, -0.1) is 23.5 Å². The second-order valence-electron chi connectivity index (χ2n) is 6.00. The standard InChI is InChI=1S/C16H16F3NO3S2/c17-16(18,19)12-8-20(7-11(12)14(22)23)13(21)9-1-3-10(4-2-9)15-24-5-6-25-15/h1-4,11-12,15H,5-8H2,(H,22,23)/t11-,12-/m1/s1. The zero-order chi connectivity index (χ0) is 18.2. The fraction of sp³-hybridized carbons (Fsp3) is 0.500. The second-order valence-corrected chi connectivity index (χ2v) is 8.72. The van der Waals surface area contributed by atoms with Crippen molar-refractivity contribution in [2.45, 2.75) is 10.8 Å². The Labute approximate surface area is 151 Å². The maximum absolute atomic E-state index is 13.0. The predicted octanol–water partition coefficient (Wildman–Crippen LogP) is 3.50. The van der Waals surface area contributed by atoms with E-state index in [4.69, 9.17) is 5.11 Å². The number of nitrogens with zero attached hydrogens (tertiary/aromatic N) is 1. The van der Waals surface area contributed by atoms with Crippen LogP contribution in [-0.4, -0.2) is 52.7 Å². The largest absolute Gasteiger partial charge is 0.481 e. The van der Waals surface area contributed by atoms with Gasteiger partial charge in [0.05, 0.1) is 16.4 Å². The Morgan fingerprint density at radius 2 is 1.68 bits per heavy atom. The first-order valence-corrected chi connectivity index (χ1v) is 9.79. The van der Waals surface area contributed by atoms with E-state index in [1.807, 2.05) is 35.7 Å². The number of alkyl halides is 3. The Bertz CT molecular complexity index is 660. The molecule has 9 heteroatoms. The smallest absolute Gasteiger partial charge is 0.394 e. The molecule has 0 aliphatic carbocycles. The number of likely N-dealkylation sites (tertiary alicyclic amines) is 1. The fourth-order valence-electron chi connectivity index (χ4n) is 3.07. The molecule has 3 rings (SSSR count). The average Bonchev–Trinajstić information content (AvgIpc) is 3.23. The van der Waals surface area contributed by atoms with Crippen molar-refractivity contribution in [3.05, 3.63) is 35.4 Å². The van der Waals surface area contributed by atoms with Crippen molar-refractivity contribution in [2.24, 2.45) is 11.8 Å². The molecular formula is C16H16F3NO3S2. The molecule has 0 saturated carbocycles. The summed E-state index contributed by atoms with van der Waals surface area (Å²) in [5.74, 6) is -3.59. The van der Waals surface area contributed by atoms with Crippen molar-refractivity contribution in [1.29, 1.82) is 0 Å². The van der Waals surface area contributed by atoms with Gasteiger partial charge in [-0.25, -0.2) is 0 Å². The molecule has 0 spiro atoms. The van der Waals surface area contributed by atoms with Crippen LogP contribution in [0.1, 0.15) is 20.5 Å². The van der Waals surface area contributed by atoms with Crippen molar-refractivity contribution in [1.82, 2.24) is 4.90 Å². The van der Waals surface area contributed by atoms with Crippen molar-refractivity contribution in [2.75, 3.05) is 24.6 Å². The third kappa shape index (κ3) is 3.92. The van der Waals surface area contributed by atoms with E-state index in [9.17, 15) is 22.8 Å². The van der Waals surface area contributed by atoms with Crippen molar-refractivity contribution >= 4 is 35.4 Å². The zero-order valence-corrected chi connectivity index (χ0v) is 14.7. The minimum absolute atomic E-state index is 0.281. The lowest BCUT2D eigenvalue weighted by Crippen LogP contribution is -2.34. The number of aliphatic carboxylic acids is 1. The number of rotatable bonds is 3. The first-order chi connectivity index (χ1) is 11.8. The van der Waals surface area contributed by atoms with Crippen LogP contribution in [0.5, 0.6) is 0 Å². The normalized spacial score (nSPS) is 24.7. The van der Waals surface area contributed by atoms with E-state index in [1.165, 1.54) is 0 Å². The molecule has 1 aromatic rings. The molecule has 1 N–H and O–H groups in total. The molecule has 136 valence electrons. The lowest BCUT2D eigenvalue weighted by molar-refractivity contribution is -0.187. The van der Waals surface area contributed by atoms with Gasteiger partial charge in [0.15, 0.2) is 0 Å². The summed E-state index contributed by atoms with van der Waals surface area (Å²) in [4.78, 5) is 24.6. The van der Waals surface area contributed by atoms with Crippen LogP contribution in [-0.2, 0) is 4.79 Å². The number of thioether (sulfide) groups is 2. The molecule has 2 aliphatic rings. The quantitative estimate of drug-likeness (QED) is 0.855. The lowest BCUT2D eigenvalue weighted by Gasteiger charge is -2.18. The van der Waals surface area contributed by atoms with Gasteiger partial charge in [0.1, 0.15) is 0 Å². The van der Waals surface area contributed by atoms with Crippen molar-refractivity contribution in [3.63, 3.8) is 0 Å². The predicted molar refractivity (Wildman–Crippen MR) is 90.7 cm³/mol. The van der Waals surface area contributed by atoms with Gasteiger partial charge in [0, 0.05) is 30.2 Å². The van der Waals surface area contributed by atoms with Gasteiger partial charge in [-0.1, -0.05) is 12.1 Å². The third-order valence-corrected chi connectivity index (χ3v) is 7.50. The fourth-order valence-corrected chi connectivity index (χ4v) is 5.93. The molecule has 0 aromatic heterocycles. The number of benzene rings is 1. The minimum Gasteiger partial charge on any atom is -0.481 e. The lowest BCUT2D eigenvalue weighted by atomic mass is 9.96. The molecule has 2 aliphatic heterocycles. The molecule has 2 heterocycles. The van der Waals surface area contributed by atoms with Gasteiger partial charge in [-0.3, -0.25) is 9.59 Å². The van der Waals surface area contributed by atoms with Crippen LogP contribution < -0.4 is 0 Å². The summed E-state index contributed by atoms with van der Waals surface area (Å²) in [7, 11) is 0. The Morgan fingerprint density at radius 1 is 1.08 bits per heavy atom. The molecule has 1 aromatic carbocycles. The van der Waals surface area contributed by atoms with Crippen LogP contribution in [0.4, 0.5) is 13.2 Å². The summed E-state index contributed by atoms with van der Waals surface area (Å²) in [6.07, 6.45) is -4.64. The van der Waals surface area contributed by atoms with Gasteiger partial charge in [-0.2, -0.15) is 13.2 Å². The number of hydrogen-bond donors (Lipinski definition) is 1. The van der Waals surface area contributed by atoms with Crippen LogP contribution in [0, 0.1) is 11.8 Å². The number of carbonyl (C=O) groups is 2. The van der Waals surface area contributed by atoms with E-state index in [2.05, 4.69) is 0 Å². The van der Waals surface area contributed by atoms with Gasteiger partial charge in [0.2, 0.25) is 0 Å². The van der Waals surface area contributed by atoms with Crippen LogP contribution in [0.3, 0.4) is 0 Å². The summed E-state index contributed by atoms with van der Waals surface area (Å²) in [5.41, 5.74) is 1.35. The molecule has 2 saturated heterocycles. The zero-order valence-electron chi connectivity index (χ0n) is 13.0. The van der Waals surface area contributed by atoms with Crippen LogP contribution in [0.2, 0.25) is 0 Å². The molecule has 2 atom stereocenters. The third-order valence-electron chi connectivity index (χ3n) is 4.40. The molecule has 0 bridgehead atoms. The summed E-state index contributed by atoms with van der Waals surface area (Å²) in [5, 5.41) is 9.03. The van der Waals surface area contributed by atoms with E-state index < -0.39 is 43.0 Å². The van der Waals surface area contributed by atoms with Gasteiger partial charge in [-0.05, 0) is 17.7 Å². The Morgan fingerprint density at radius 3 is 2.16 bits per heavy atom. The highest BCUT2D eigenvalue weighted by Crippen LogP contribution is 2.45. The maximum atomic E-state index is 13.0.